The lowest BCUT2D eigenvalue weighted by molar-refractivity contribution is 0.104. The van der Waals surface area contributed by atoms with Gasteiger partial charge in [-0.3, -0.25) is 4.79 Å². The zero-order valence-electron chi connectivity index (χ0n) is 18.1. The van der Waals surface area contributed by atoms with Crippen molar-refractivity contribution in [2.75, 3.05) is 0 Å². The Labute approximate surface area is 193 Å². The number of nitrogens with zero attached hydrogens (tertiary/aromatic N) is 3. The minimum atomic E-state index is -0.885. The fraction of sp³-hybridized carbons (Fsp3) is 0.120. The Morgan fingerprint density at radius 2 is 2.00 bits per heavy atom. The lowest BCUT2D eigenvalue weighted by atomic mass is 10.1. The Balaban J connectivity index is 1.33. The van der Waals surface area contributed by atoms with Gasteiger partial charge in [-0.2, -0.15) is 0 Å². The van der Waals surface area contributed by atoms with Gasteiger partial charge in [0.1, 0.15) is 40.9 Å². The summed E-state index contributed by atoms with van der Waals surface area (Å²) in [6.07, 6.45) is 4.43. The van der Waals surface area contributed by atoms with Crippen LogP contribution in [0.2, 0.25) is 0 Å². The van der Waals surface area contributed by atoms with Crippen LogP contribution in [-0.4, -0.2) is 25.9 Å². The highest BCUT2D eigenvalue weighted by atomic mass is 19.1. The van der Waals surface area contributed by atoms with E-state index in [0.29, 0.717) is 23.6 Å². The molecular formula is C25H20FN3O5. The van der Waals surface area contributed by atoms with Gasteiger partial charge in [0, 0.05) is 6.07 Å². The topological polar surface area (TPSA) is 107 Å². The highest BCUT2D eigenvalue weighted by molar-refractivity contribution is 6.08. The van der Waals surface area contributed by atoms with Crippen LogP contribution in [0.5, 0.6) is 11.5 Å². The summed E-state index contributed by atoms with van der Waals surface area (Å²) >= 11 is 0. The molecule has 4 aromatic rings. The highest BCUT2D eigenvalue weighted by Crippen LogP contribution is 2.18. The molecule has 0 bridgehead atoms. The number of rotatable bonds is 8. The van der Waals surface area contributed by atoms with Gasteiger partial charge in [-0.05, 0) is 48.4 Å². The predicted octanol–water partition coefficient (Wildman–Crippen LogP) is 3.91. The van der Waals surface area contributed by atoms with Gasteiger partial charge in [0.05, 0.1) is 12.7 Å². The first kappa shape index (κ1) is 22.7. The number of aromatic hydroxyl groups is 1. The second-order valence-corrected chi connectivity index (χ2v) is 7.50. The molecule has 8 nitrogen and oxygen atoms in total. The van der Waals surface area contributed by atoms with Crippen molar-refractivity contribution in [3.8, 4) is 11.5 Å². The number of halogens is 1. The Hall–Kier alpha value is -4.53. The van der Waals surface area contributed by atoms with Gasteiger partial charge in [0.2, 0.25) is 0 Å². The van der Waals surface area contributed by atoms with E-state index in [4.69, 9.17) is 9.15 Å². The molecule has 4 rings (SSSR count). The van der Waals surface area contributed by atoms with Crippen LogP contribution < -0.4 is 10.4 Å². The van der Waals surface area contributed by atoms with E-state index < -0.39 is 22.7 Å². The molecule has 0 amide bonds. The van der Waals surface area contributed by atoms with Crippen molar-refractivity contribution in [1.82, 2.24) is 15.0 Å². The molecule has 0 spiro atoms. The van der Waals surface area contributed by atoms with Crippen LogP contribution in [0.15, 0.2) is 76.1 Å². The number of ether oxygens (including phenoxy) is 1. The summed E-state index contributed by atoms with van der Waals surface area (Å²) in [7, 11) is 0. The number of hydrogen-bond acceptors (Lipinski definition) is 7. The largest absolute Gasteiger partial charge is 0.507 e. The molecule has 172 valence electrons. The molecule has 0 saturated heterocycles. The molecule has 2 heterocycles. The molecular weight excluding hydrogens is 441 g/mol. The lowest BCUT2D eigenvalue weighted by Crippen LogP contribution is -2.12. The third-order valence-electron chi connectivity index (χ3n) is 4.81. The fourth-order valence-electron chi connectivity index (χ4n) is 3.21. The summed E-state index contributed by atoms with van der Waals surface area (Å²) in [5.41, 5.74) is 0.786. The first-order chi connectivity index (χ1) is 16.4. The Bertz CT molecular complexity index is 1410. The normalized spacial score (nSPS) is 11.1. The Morgan fingerprint density at radius 1 is 1.21 bits per heavy atom. The molecule has 2 aromatic heterocycles. The van der Waals surface area contributed by atoms with Crippen molar-refractivity contribution < 1.29 is 23.4 Å². The maximum absolute atomic E-state index is 13.3. The maximum atomic E-state index is 13.3. The van der Waals surface area contributed by atoms with Crippen molar-refractivity contribution in [3.05, 3.63) is 111 Å². The summed E-state index contributed by atoms with van der Waals surface area (Å²) in [4.78, 5) is 24.1. The van der Waals surface area contributed by atoms with Crippen molar-refractivity contribution >= 4 is 11.9 Å². The van der Waals surface area contributed by atoms with Gasteiger partial charge in [0.25, 0.3) is 0 Å². The number of aromatic nitrogens is 3. The van der Waals surface area contributed by atoms with Crippen LogP contribution in [0.4, 0.5) is 4.39 Å². The highest BCUT2D eigenvalue weighted by Gasteiger charge is 2.15. The summed E-state index contributed by atoms with van der Waals surface area (Å²) < 4.78 is 25.5. The zero-order valence-corrected chi connectivity index (χ0v) is 18.1. The van der Waals surface area contributed by atoms with E-state index in [1.54, 1.807) is 41.2 Å². The summed E-state index contributed by atoms with van der Waals surface area (Å²) in [5, 5.41) is 17.9. The Kier molecular flexibility index (Phi) is 6.63. The monoisotopic (exact) mass is 461 g/mol. The van der Waals surface area contributed by atoms with Crippen LogP contribution in [0.1, 0.15) is 32.9 Å². The van der Waals surface area contributed by atoms with E-state index in [-0.39, 0.29) is 18.2 Å². The van der Waals surface area contributed by atoms with Crippen molar-refractivity contribution in [2.45, 2.75) is 20.1 Å². The van der Waals surface area contributed by atoms with Gasteiger partial charge in [-0.25, -0.2) is 13.9 Å². The molecule has 1 N–H and O–H groups in total. The number of carbonyl (C=O) groups is 1. The molecule has 0 aliphatic rings. The van der Waals surface area contributed by atoms with Crippen LogP contribution in [0.3, 0.4) is 0 Å². The predicted molar refractivity (Wildman–Crippen MR) is 121 cm³/mol. The first-order valence-corrected chi connectivity index (χ1v) is 10.3. The number of allylic oxidation sites excluding steroid dienone is 1. The van der Waals surface area contributed by atoms with Gasteiger partial charge >= 0.3 is 5.63 Å². The first-order valence-electron chi connectivity index (χ1n) is 10.3. The number of carbonyl (C=O) groups excluding carboxylic acids is 1. The number of benzene rings is 2. The third kappa shape index (κ3) is 5.63. The molecule has 2 aromatic carbocycles. The van der Waals surface area contributed by atoms with Crippen LogP contribution in [-0.2, 0) is 13.2 Å². The average Bonchev–Trinajstić information content (AvgIpc) is 3.23. The van der Waals surface area contributed by atoms with Gasteiger partial charge < -0.3 is 14.3 Å². The second kappa shape index (κ2) is 9.95. The van der Waals surface area contributed by atoms with Gasteiger partial charge in [0.15, 0.2) is 5.78 Å². The van der Waals surface area contributed by atoms with E-state index >= 15 is 0 Å². The molecule has 0 atom stereocenters. The SMILES string of the molecule is Cc1cc(O)c(C(=O)/C=C/c2ccc(OCc3cn(Cc4cccc(F)c4)nn3)cc2)c(=O)o1. The molecule has 0 unspecified atom stereocenters. The zero-order chi connectivity index (χ0) is 24.1. The van der Waals surface area contributed by atoms with Crippen LogP contribution in [0, 0.1) is 12.7 Å². The van der Waals surface area contributed by atoms with Crippen LogP contribution >= 0.6 is 0 Å². The molecule has 9 heteroatoms. The van der Waals surface area contributed by atoms with E-state index in [1.807, 2.05) is 6.07 Å². The molecule has 0 radical (unpaired) electrons. The Morgan fingerprint density at radius 3 is 2.74 bits per heavy atom. The lowest BCUT2D eigenvalue weighted by Gasteiger charge is -2.04. The maximum Gasteiger partial charge on any atom is 0.351 e. The average molecular weight is 461 g/mol. The summed E-state index contributed by atoms with van der Waals surface area (Å²) in [6.45, 7) is 2.09. The quantitative estimate of drug-likeness (QED) is 0.313. The number of ketones is 1. The van der Waals surface area contributed by atoms with E-state index in [2.05, 4.69) is 10.3 Å². The fourth-order valence-corrected chi connectivity index (χ4v) is 3.21. The summed E-state index contributed by atoms with van der Waals surface area (Å²) in [5.74, 6) is -0.580. The minimum absolute atomic E-state index is 0.194. The van der Waals surface area contributed by atoms with Crippen molar-refractivity contribution in [3.63, 3.8) is 0 Å². The van der Waals surface area contributed by atoms with E-state index in [0.717, 1.165) is 5.56 Å². The number of hydrogen-bond donors (Lipinski definition) is 1. The molecule has 0 aliphatic heterocycles. The van der Waals surface area contributed by atoms with Crippen molar-refractivity contribution in [2.24, 2.45) is 0 Å². The van der Waals surface area contributed by atoms with E-state index in [1.165, 1.54) is 37.3 Å². The molecule has 0 saturated carbocycles. The minimum Gasteiger partial charge on any atom is -0.507 e. The van der Waals surface area contributed by atoms with Crippen molar-refractivity contribution in [1.29, 1.82) is 0 Å². The molecule has 0 fully saturated rings. The third-order valence-corrected chi connectivity index (χ3v) is 4.81. The molecule has 0 aliphatic carbocycles. The van der Waals surface area contributed by atoms with E-state index in [9.17, 15) is 19.1 Å². The second-order valence-electron chi connectivity index (χ2n) is 7.50. The molecule has 34 heavy (non-hydrogen) atoms. The van der Waals surface area contributed by atoms with Gasteiger partial charge in [-0.1, -0.05) is 35.6 Å². The standard InChI is InChI=1S/C25H20FN3O5/c1-16-11-23(31)24(25(32)34-16)22(30)10-7-17-5-8-21(9-6-17)33-15-20-14-29(28-27-20)13-18-3-2-4-19(26)12-18/h2-12,14,31H,13,15H2,1H3/b10-7+. The summed E-state index contributed by atoms with van der Waals surface area (Å²) in [6, 6.07) is 14.4. The smallest absolute Gasteiger partial charge is 0.351 e. The van der Waals surface area contributed by atoms with Gasteiger partial charge in [-0.15, -0.1) is 5.10 Å². The number of aryl methyl sites for hydroxylation is 1. The van der Waals surface area contributed by atoms with Crippen LogP contribution in [0.25, 0.3) is 6.08 Å².